The standard InChI is InChI=1S/C23H22O4S2/c1-27-21(24)15-9-8-14-20(29-23(26)19-12-6-3-7-13-19)16-17-28-22(25)18-10-4-2-5-11-18/h2-15,20H,16-17H2,1H3/b14-8+,15-9+. The lowest BCUT2D eigenvalue weighted by molar-refractivity contribution is -0.134. The third kappa shape index (κ3) is 8.54. The highest BCUT2D eigenvalue weighted by Gasteiger charge is 2.15. The van der Waals surface area contributed by atoms with Gasteiger partial charge in [0.15, 0.2) is 0 Å². The lowest BCUT2D eigenvalue weighted by atomic mass is 10.2. The highest BCUT2D eigenvalue weighted by Crippen LogP contribution is 2.24. The molecule has 2 aromatic rings. The molecule has 0 N–H and O–H groups in total. The first-order valence-corrected chi connectivity index (χ1v) is 10.9. The molecule has 0 saturated carbocycles. The van der Waals surface area contributed by atoms with Crippen LogP contribution in [0.5, 0.6) is 0 Å². The predicted octanol–water partition coefficient (Wildman–Crippen LogP) is 5.18. The smallest absolute Gasteiger partial charge is 0.330 e. The van der Waals surface area contributed by atoms with Gasteiger partial charge in [-0.2, -0.15) is 0 Å². The molecule has 1 atom stereocenters. The van der Waals surface area contributed by atoms with Crippen LogP contribution in [0.3, 0.4) is 0 Å². The van der Waals surface area contributed by atoms with Crippen molar-refractivity contribution in [2.45, 2.75) is 11.7 Å². The Bertz CT molecular complexity index is 861. The molecule has 150 valence electrons. The van der Waals surface area contributed by atoms with Crippen LogP contribution in [-0.2, 0) is 9.53 Å². The van der Waals surface area contributed by atoms with E-state index in [-0.39, 0.29) is 15.5 Å². The SMILES string of the molecule is COC(=O)/C=C/C=C/C(CCSC(=O)c1ccccc1)SC(=O)c1ccccc1. The Balaban J connectivity index is 1.96. The van der Waals surface area contributed by atoms with Gasteiger partial charge in [0, 0.05) is 28.2 Å². The Kier molecular flexibility index (Phi) is 10.0. The number of rotatable bonds is 9. The summed E-state index contributed by atoms with van der Waals surface area (Å²) in [4.78, 5) is 35.9. The van der Waals surface area contributed by atoms with E-state index in [9.17, 15) is 14.4 Å². The van der Waals surface area contributed by atoms with Gasteiger partial charge in [0.2, 0.25) is 10.2 Å². The normalized spacial score (nSPS) is 12.2. The first kappa shape index (κ1) is 22.7. The number of carbonyl (C=O) groups excluding carboxylic acids is 3. The summed E-state index contributed by atoms with van der Waals surface area (Å²) in [6, 6.07) is 18.2. The Morgan fingerprint density at radius 2 is 1.48 bits per heavy atom. The van der Waals surface area contributed by atoms with Crippen LogP contribution in [0.4, 0.5) is 0 Å². The Morgan fingerprint density at radius 3 is 2.07 bits per heavy atom. The molecule has 29 heavy (non-hydrogen) atoms. The van der Waals surface area contributed by atoms with E-state index < -0.39 is 5.97 Å². The fourth-order valence-corrected chi connectivity index (χ4v) is 4.25. The molecule has 0 heterocycles. The van der Waals surface area contributed by atoms with Crippen LogP contribution < -0.4 is 0 Å². The molecule has 0 amide bonds. The average molecular weight is 427 g/mol. The summed E-state index contributed by atoms with van der Waals surface area (Å²) in [7, 11) is 1.31. The zero-order chi connectivity index (χ0) is 20.9. The van der Waals surface area contributed by atoms with Crippen LogP contribution in [0.15, 0.2) is 85.0 Å². The molecule has 0 fully saturated rings. The minimum atomic E-state index is -0.441. The van der Waals surface area contributed by atoms with Crippen molar-refractivity contribution in [1.82, 2.24) is 0 Å². The van der Waals surface area contributed by atoms with Gasteiger partial charge in [-0.3, -0.25) is 9.59 Å². The lowest BCUT2D eigenvalue weighted by Crippen LogP contribution is -2.07. The van der Waals surface area contributed by atoms with Crippen LogP contribution in [0, 0.1) is 0 Å². The van der Waals surface area contributed by atoms with E-state index in [1.54, 1.807) is 36.4 Å². The molecule has 0 aliphatic carbocycles. The van der Waals surface area contributed by atoms with Gasteiger partial charge in [-0.1, -0.05) is 102 Å². The first-order chi connectivity index (χ1) is 14.1. The van der Waals surface area contributed by atoms with Gasteiger partial charge in [0.25, 0.3) is 0 Å². The van der Waals surface area contributed by atoms with Crippen molar-refractivity contribution in [3.05, 3.63) is 96.1 Å². The fraction of sp³-hybridized carbons (Fsp3) is 0.174. The zero-order valence-corrected chi connectivity index (χ0v) is 17.7. The number of benzene rings is 2. The highest BCUT2D eigenvalue weighted by molar-refractivity contribution is 8.15. The van der Waals surface area contributed by atoms with Crippen molar-refractivity contribution in [2.75, 3.05) is 12.9 Å². The monoisotopic (exact) mass is 426 g/mol. The number of ether oxygens (including phenoxy) is 1. The number of carbonyl (C=O) groups is 3. The van der Waals surface area contributed by atoms with E-state index in [0.717, 1.165) is 0 Å². The molecule has 0 spiro atoms. The second-order valence-corrected chi connectivity index (χ2v) is 8.15. The molecule has 4 nitrogen and oxygen atoms in total. The Hall–Kier alpha value is -2.57. The van der Waals surface area contributed by atoms with Crippen LogP contribution in [0.25, 0.3) is 0 Å². The number of thioether (sulfide) groups is 2. The van der Waals surface area contributed by atoms with Crippen molar-refractivity contribution in [2.24, 2.45) is 0 Å². The Morgan fingerprint density at radius 1 is 0.897 bits per heavy atom. The van der Waals surface area contributed by atoms with Gasteiger partial charge >= 0.3 is 5.97 Å². The topological polar surface area (TPSA) is 60.4 Å². The molecule has 0 radical (unpaired) electrons. The number of hydrogen-bond acceptors (Lipinski definition) is 6. The predicted molar refractivity (Wildman–Crippen MR) is 120 cm³/mol. The number of hydrogen-bond donors (Lipinski definition) is 0. The van der Waals surface area contributed by atoms with E-state index in [4.69, 9.17) is 0 Å². The molecule has 0 bridgehead atoms. The maximum absolute atomic E-state index is 12.5. The minimum absolute atomic E-state index is 0.0123. The van der Waals surface area contributed by atoms with Crippen molar-refractivity contribution in [3.63, 3.8) is 0 Å². The number of allylic oxidation sites excluding steroid dienone is 2. The van der Waals surface area contributed by atoms with Crippen LogP contribution >= 0.6 is 23.5 Å². The van der Waals surface area contributed by atoms with E-state index in [1.807, 2.05) is 42.5 Å². The third-order valence-corrected chi connectivity index (χ3v) is 5.87. The van der Waals surface area contributed by atoms with E-state index in [0.29, 0.717) is 23.3 Å². The van der Waals surface area contributed by atoms with E-state index >= 15 is 0 Å². The van der Waals surface area contributed by atoms with Gasteiger partial charge in [0.1, 0.15) is 0 Å². The summed E-state index contributed by atoms with van der Waals surface area (Å²) >= 11 is 2.45. The quantitative estimate of drug-likeness (QED) is 0.313. The molecular formula is C23H22O4S2. The lowest BCUT2D eigenvalue weighted by Gasteiger charge is -2.11. The van der Waals surface area contributed by atoms with Gasteiger partial charge in [-0.15, -0.1) is 0 Å². The summed E-state index contributed by atoms with van der Waals surface area (Å²) < 4.78 is 4.55. The molecule has 0 aromatic heterocycles. The minimum Gasteiger partial charge on any atom is -0.466 e. The maximum atomic E-state index is 12.5. The molecular weight excluding hydrogens is 404 g/mol. The molecule has 0 aliphatic heterocycles. The third-order valence-electron chi connectivity index (χ3n) is 3.78. The van der Waals surface area contributed by atoms with Gasteiger partial charge in [-0.05, 0) is 6.42 Å². The molecule has 6 heteroatoms. The van der Waals surface area contributed by atoms with Crippen molar-refractivity contribution < 1.29 is 19.1 Å². The second kappa shape index (κ2) is 12.8. The molecule has 2 rings (SSSR count). The van der Waals surface area contributed by atoms with Gasteiger partial charge in [-0.25, -0.2) is 4.79 Å². The molecule has 0 aliphatic rings. The maximum Gasteiger partial charge on any atom is 0.330 e. The van der Waals surface area contributed by atoms with Crippen molar-refractivity contribution in [3.8, 4) is 0 Å². The molecule has 0 saturated heterocycles. The van der Waals surface area contributed by atoms with Gasteiger partial charge in [0.05, 0.1) is 7.11 Å². The average Bonchev–Trinajstić information content (AvgIpc) is 2.77. The van der Waals surface area contributed by atoms with Crippen LogP contribution in [-0.4, -0.2) is 34.3 Å². The van der Waals surface area contributed by atoms with E-state index in [1.165, 1.54) is 36.7 Å². The summed E-state index contributed by atoms with van der Waals surface area (Å²) in [5.74, 6) is 0.140. The molecule has 1 unspecified atom stereocenters. The van der Waals surface area contributed by atoms with Crippen molar-refractivity contribution >= 4 is 39.7 Å². The fourth-order valence-electron chi connectivity index (χ4n) is 2.29. The summed E-state index contributed by atoms with van der Waals surface area (Å²) in [6.07, 6.45) is 7.10. The largest absolute Gasteiger partial charge is 0.466 e. The van der Waals surface area contributed by atoms with Crippen LogP contribution in [0.2, 0.25) is 0 Å². The Labute approximate surface area is 179 Å². The van der Waals surface area contributed by atoms with Gasteiger partial charge < -0.3 is 4.74 Å². The zero-order valence-electron chi connectivity index (χ0n) is 16.0. The van der Waals surface area contributed by atoms with E-state index in [2.05, 4.69) is 4.74 Å². The van der Waals surface area contributed by atoms with Crippen LogP contribution in [0.1, 0.15) is 27.1 Å². The number of methoxy groups -OCH3 is 1. The summed E-state index contributed by atoms with van der Waals surface area (Å²) in [6.45, 7) is 0. The van der Waals surface area contributed by atoms with Crippen molar-refractivity contribution in [1.29, 1.82) is 0 Å². The summed E-state index contributed by atoms with van der Waals surface area (Å²) in [5.41, 5.74) is 1.30. The first-order valence-electron chi connectivity index (χ1n) is 9.01. The highest BCUT2D eigenvalue weighted by atomic mass is 32.2. The second-order valence-electron chi connectivity index (χ2n) is 5.87. The molecule has 2 aromatic carbocycles. The number of esters is 1. The summed E-state index contributed by atoms with van der Waals surface area (Å²) in [5, 5.41) is -0.143.